The highest BCUT2D eigenvalue weighted by atomic mass is 16.3. The lowest BCUT2D eigenvalue weighted by Crippen LogP contribution is -2.45. The number of nitrogens with zero attached hydrogens (tertiary/aromatic N) is 3. The van der Waals surface area contributed by atoms with E-state index in [-0.39, 0.29) is 23.0 Å². The molecule has 2 aliphatic heterocycles. The summed E-state index contributed by atoms with van der Waals surface area (Å²) in [7, 11) is 0. The third kappa shape index (κ3) is 3.98. The average Bonchev–Trinajstić information content (AvgIpc) is 3.17. The first-order chi connectivity index (χ1) is 14.5. The molecular formula is C23H27N3O4. The van der Waals surface area contributed by atoms with E-state index in [1.54, 1.807) is 15.9 Å². The molecule has 7 nitrogen and oxygen atoms in total. The smallest absolute Gasteiger partial charge is 0.258 e. The first-order valence-corrected chi connectivity index (χ1v) is 10.3. The van der Waals surface area contributed by atoms with Crippen LogP contribution in [0, 0.1) is 0 Å². The monoisotopic (exact) mass is 409 g/mol. The second-order valence-corrected chi connectivity index (χ2v) is 8.03. The molecule has 1 fully saturated rings. The number of phenolic OH excluding ortho intramolecular Hbond substituents is 2. The van der Waals surface area contributed by atoms with E-state index >= 15 is 0 Å². The summed E-state index contributed by atoms with van der Waals surface area (Å²) >= 11 is 0. The van der Waals surface area contributed by atoms with Crippen molar-refractivity contribution in [3.63, 3.8) is 0 Å². The first kappa shape index (κ1) is 20.2. The molecule has 0 saturated carbocycles. The molecule has 4 rings (SSSR count). The molecular weight excluding hydrogens is 382 g/mol. The van der Waals surface area contributed by atoms with Crippen molar-refractivity contribution in [3.8, 4) is 11.5 Å². The van der Waals surface area contributed by atoms with Crippen LogP contribution >= 0.6 is 0 Å². The van der Waals surface area contributed by atoms with Crippen molar-refractivity contribution in [3.05, 3.63) is 58.1 Å². The van der Waals surface area contributed by atoms with Crippen LogP contribution in [0.5, 0.6) is 11.5 Å². The molecule has 0 bridgehead atoms. The Hall–Kier alpha value is -3.06. The van der Waals surface area contributed by atoms with Gasteiger partial charge in [-0.25, -0.2) is 0 Å². The summed E-state index contributed by atoms with van der Waals surface area (Å²) in [6.45, 7) is 6.97. The maximum absolute atomic E-state index is 13.0. The van der Waals surface area contributed by atoms with Gasteiger partial charge in [0, 0.05) is 51.9 Å². The van der Waals surface area contributed by atoms with E-state index in [1.807, 2.05) is 6.92 Å². The van der Waals surface area contributed by atoms with Crippen LogP contribution in [-0.4, -0.2) is 63.4 Å². The van der Waals surface area contributed by atoms with Crippen LogP contribution in [0.15, 0.2) is 30.3 Å². The quantitative estimate of drug-likeness (QED) is 0.739. The zero-order valence-corrected chi connectivity index (χ0v) is 17.2. The van der Waals surface area contributed by atoms with Gasteiger partial charge in [0.1, 0.15) is 11.5 Å². The normalized spacial score (nSPS) is 16.6. The van der Waals surface area contributed by atoms with E-state index in [1.165, 1.54) is 11.6 Å². The van der Waals surface area contributed by atoms with Crippen LogP contribution in [-0.2, 0) is 30.8 Å². The molecule has 0 spiro atoms. The third-order valence-corrected chi connectivity index (χ3v) is 6.05. The molecule has 0 aliphatic carbocycles. The minimum atomic E-state index is -0.232. The summed E-state index contributed by atoms with van der Waals surface area (Å²) in [6, 6.07) is 9.17. The Bertz CT molecular complexity index is 967. The molecule has 158 valence electrons. The predicted molar refractivity (Wildman–Crippen MR) is 112 cm³/mol. The highest BCUT2D eigenvalue weighted by Gasteiger charge is 2.27. The molecule has 7 heteroatoms. The minimum absolute atomic E-state index is 0.00914. The number of phenols is 2. The minimum Gasteiger partial charge on any atom is -0.508 e. The van der Waals surface area contributed by atoms with Gasteiger partial charge in [-0.2, -0.15) is 0 Å². The number of carbonyl (C=O) groups is 2. The topological polar surface area (TPSA) is 84.3 Å². The Balaban J connectivity index is 1.45. The Labute approximate surface area is 176 Å². The highest BCUT2D eigenvalue weighted by molar-refractivity contribution is 5.97. The van der Waals surface area contributed by atoms with Gasteiger partial charge in [0.2, 0.25) is 6.41 Å². The molecule has 2 aromatic rings. The van der Waals surface area contributed by atoms with Crippen LogP contribution in [0.25, 0.3) is 0 Å². The maximum atomic E-state index is 13.0. The van der Waals surface area contributed by atoms with Crippen molar-refractivity contribution >= 4 is 12.3 Å². The second-order valence-electron chi connectivity index (χ2n) is 8.03. The zero-order chi connectivity index (χ0) is 21.3. The van der Waals surface area contributed by atoms with E-state index in [9.17, 15) is 19.8 Å². The van der Waals surface area contributed by atoms with E-state index < -0.39 is 0 Å². The van der Waals surface area contributed by atoms with Crippen LogP contribution in [0.4, 0.5) is 0 Å². The number of piperazine rings is 1. The number of rotatable bonds is 5. The molecule has 0 unspecified atom stereocenters. The number of hydrogen-bond acceptors (Lipinski definition) is 5. The summed E-state index contributed by atoms with van der Waals surface area (Å²) in [5.74, 6) is -0.416. The average molecular weight is 409 g/mol. The lowest BCUT2D eigenvalue weighted by Gasteiger charge is -2.32. The van der Waals surface area contributed by atoms with Gasteiger partial charge < -0.3 is 20.0 Å². The number of aryl methyl sites for hydroxylation is 1. The molecule has 2 aromatic carbocycles. The fraction of sp³-hybridized carbons (Fsp3) is 0.391. The van der Waals surface area contributed by atoms with E-state index in [0.717, 1.165) is 50.3 Å². The molecule has 30 heavy (non-hydrogen) atoms. The maximum Gasteiger partial charge on any atom is 0.258 e. The SMILES string of the molecule is CCc1cc(C(=O)N2Cc3ccc(CN4CCN(C=O)CC4)cc3C2)c(O)cc1O. The number of carbonyl (C=O) groups excluding carboxylic acids is 2. The van der Waals surface area contributed by atoms with Crippen molar-refractivity contribution in [1.29, 1.82) is 0 Å². The van der Waals surface area contributed by atoms with Gasteiger partial charge in [-0.1, -0.05) is 25.1 Å². The Kier molecular flexibility index (Phi) is 5.63. The van der Waals surface area contributed by atoms with Gasteiger partial charge in [-0.3, -0.25) is 14.5 Å². The lowest BCUT2D eigenvalue weighted by molar-refractivity contribution is -0.119. The Morgan fingerprint density at radius 2 is 1.73 bits per heavy atom. The molecule has 2 amide bonds. The van der Waals surface area contributed by atoms with Crippen molar-refractivity contribution in [2.75, 3.05) is 26.2 Å². The first-order valence-electron chi connectivity index (χ1n) is 10.3. The fourth-order valence-corrected chi connectivity index (χ4v) is 4.22. The number of benzene rings is 2. The van der Waals surface area contributed by atoms with Crippen molar-refractivity contribution in [2.24, 2.45) is 0 Å². The van der Waals surface area contributed by atoms with Gasteiger partial charge in [0.05, 0.1) is 5.56 Å². The van der Waals surface area contributed by atoms with Crippen LogP contribution in [0.2, 0.25) is 0 Å². The van der Waals surface area contributed by atoms with Crippen LogP contribution in [0.1, 0.15) is 39.5 Å². The standard InChI is InChI=1S/C23H27N3O4/c1-2-17-10-20(22(29)11-21(17)28)23(30)26-13-18-4-3-16(9-19(18)14-26)12-24-5-7-25(15-27)8-6-24/h3-4,9-11,15,28-29H,2,5-8,12-14H2,1H3. The molecule has 2 N–H and O–H groups in total. The number of aromatic hydroxyl groups is 2. The van der Waals surface area contributed by atoms with Crippen molar-refractivity contribution < 1.29 is 19.8 Å². The van der Waals surface area contributed by atoms with Crippen molar-refractivity contribution in [2.45, 2.75) is 33.0 Å². The third-order valence-electron chi connectivity index (χ3n) is 6.05. The largest absolute Gasteiger partial charge is 0.508 e. The van der Waals surface area contributed by atoms with Gasteiger partial charge in [-0.15, -0.1) is 0 Å². The highest BCUT2D eigenvalue weighted by Crippen LogP contribution is 2.32. The molecule has 0 atom stereocenters. The van der Waals surface area contributed by atoms with Gasteiger partial charge in [0.25, 0.3) is 5.91 Å². The summed E-state index contributed by atoms with van der Waals surface area (Å²) in [5.41, 5.74) is 4.31. The molecule has 1 saturated heterocycles. The van der Waals surface area contributed by atoms with E-state index in [2.05, 4.69) is 23.1 Å². The Morgan fingerprint density at radius 3 is 2.43 bits per heavy atom. The molecule has 2 heterocycles. The van der Waals surface area contributed by atoms with Crippen LogP contribution in [0.3, 0.4) is 0 Å². The summed E-state index contributed by atoms with van der Waals surface area (Å²) in [5, 5.41) is 20.1. The zero-order valence-electron chi connectivity index (χ0n) is 17.2. The van der Waals surface area contributed by atoms with Gasteiger partial charge in [-0.05, 0) is 34.7 Å². The van der Waals surface area contributed by atoms with E-state index in [4.69, 9.17) is 0 Å². The lowest BCUT2D eigenvalue weighted by atomic mass is 10.1. The molecule has 0 radical (unpaired) electrons. The Morgan fingerprint density at radius 1 is 1.00 bits per heavy atom. The predicted octanol–water partition coefficient (Wildman–Crippen LogP) is 2.09. The summed E-state index contributed by atoms with van der Waals surface area (Å²) in [6.07, 6.45) is 1.49. The molecule has 2 aliphatic rings. The number of fused-ring (bicyclic) bond motifs is 1. The summed E-state index contributed by atoms with van der Waals surface area (Å²) in [4.78, 5) is 29.7. The van der Waals surface area contributed by atoms with Gasteiger partial charge in [0.15, 0.2) is 0 Å². The number of hydrogen-bond donors (Lipinski definition) is 2. The fourth-order valence-electron chi connectivity index (χ4n) is 4.22. The number of amides is 2. The molecule has 0 aromatic heterocycles. The van der Waals surface area contributed by atoms with Gasteiger partial charge >= 0.3 is 0 Å². The van der Waals surface area contributed by atoms with E-state index in [0.29, 0.717) is 25.1 Å². The van der Waals surface area contributed by atoms with Crippen LogP contribution < -0.4 is 0 Å². The second kappa shape index (κ2) is 8.36. The van der Waals surface area contributed by atoms with Crippen molar-refractivity contribution in [1.82, 2.24) is 14.7 Å². The summed E-state index contributed by atoms with van der Waals surface area (Å²) < 4.78 is 0.